The fourth-order valence-corrected chi connectivity index (χ4v) is 2.72. The molecule has 0 fully saturated rings. The predicted octanol–water partition coefficient (Wildman–Crippen LogP) is 4.61. The van der Waals surface area contributed by atoms with Crippen molar-refractivity contribution in [3.8, 4) is 23.0 Å². The fourth-order valence-electron chi connectivity index (χ4n) is 2.72. The number of hydrogen-bond donors (Lipinski definition) is 1. The van der Waals surface area contributed by atoms with E-state index in [1.165, 1.54) is 7.11 Å². The molecule has 0 saturated heterocycles. The van der Waals surface area contributed by atoms with Crippen molar-refractivity contribution in [3.63, 3.8) is 0 Å². The molecule has 0 spiro atoms. The van der Waals surface area contributed by atoms with Gasteiger partial charge in [-0.2, -0.15) is 0 Å². The van der Waals surface area contributed by atoms with Crippen molar-refractivity contribution in [2.75, 3.05) is 14.2 Å². The number of aliphatic imine (C=N–C) groups is 1. The molecule has 0 heterocycles. The van der Waals surface area contributed by atoms with Gasteiger partial charge in [-0.3, -0.25) is 4.99 Å². The summed E-state index contributed by atoms with van der Waals surface area (Å²) in [6.07, 6.45) is 1.63. The quantitative estimate of drug-likeness (QED) is 0.583. The monoisotopic (exact) mass is 377 g/mol. The summed E-state index contributed by atoms with van der Waals surface area (Å²) in [5, 5.41) is 10.1. The molecule has 0 aromatic heterocycles. The molecule has 3 aromatic rings. The number of phenolic OH excluding ortho intramolecular Hbond substituents is 1. The standard InChI is InChI=1S/C23H23NO4/c1-26-21-10-6-9-19(23(21)25)15-24-14-18-11-12-20(22(13-18)27-2)28-16-17-7-4-3-5-8-17/h3-13,15,25H,14,16H2,1-2H3. The highest BCUT2D eigenvalue weighted by Crippen LogP contribution is 2.30. The average Bonchev–Trinajstić information content (AvgIpc) is 2.74. The van der Waals surface area contributed by atoms with Crippen LogP contribution in [0.2, 0.25) is 0 Å². The van der Waals surface area contributed by atoms with E-state index in [0.717, 1.165) is 11.1 Å². The molecule has 0 radical (unpaired) electrons. The maximum atomic E-state index is 10.1. The molecule has 144 valence electrons. The van der Waals surface area contributed by atoms with Crippen LogP contribution in [0.3, 0.4) is 0 Å². The second-order valence-corrected chi connectivity index (χ2v) is 6.13. The topological polar surface area (TPSA) is 60.3 Å². The highest BCUT2D eigenvalue weighted by Gasteiger charge is 2.07. The molecule has 0 amide bonds. The Morgan fingerprint density at radius 2 is 1.61 bits per heavy atom. The van der Waals surface area contributed by atoms with E-state index >= 15 is 0 Å². The number of benzene rings is 3. The largest absolute Gasteiger partial charge is 0.504 e. The van der Waals surface area contributed by atoms with Crippen molar-refractivity contribution in [1.82, 2.24) is 0 Å². The number of ether oxygens (including phenoxy) is 3. The summed E-state index contributed by atoms with van der Waals surface area (Å²) in [5.41, 5.74) is 2.67. The van der Waals surface area contributed by atoms with Crippen molar-refractivity contribution in [2.24, 2.45) is 4.99 Å². The second kappa shape index (κ2) is 9.46. The van der Waals surface area contributed by atoms with E-state index in [4.69, 9.17) is 14.2 Å². The molecule has 0 aliphatic carbocycles. The molecule has 28 heavy (non-hydrogen) atoms. The Kier molecular flexibility index (Phi) is 6.52. The van der Waals surface area contributed by atoms with Crippen molar-refractivity contribution >= 4 is 6.21 Å². The first kappa shape index (κ1) is 19.3. The number of rotatable bonds is 8. The molecule has 3 aromatic carbocycles. The third-order valence-corrected chi connectivity index (χ3v) is 4.22. The SMILES string of the molecule is COc1cc(CN=Cc2cccc(OC)c2O)ccc1OCc1ccccc1. The van der Waals surface area contributed by atoms with Gasteiger partial charge in [0, 0.05) is 11.8 Å². The number of hydrogen-bond acceptors (Lipinski definition) is 5. The van der Waals surface area contributed by atoms with Crippen molar-refractivity contribution < 1.29 is 19.3 Å². The maximum Gasteiger partial charge on any atom is 0.166 e. The van der Waals surface area contributed by atoms with E-state index in [2.05, 4.69) is 4.99 Å². The highest BCUT2D eigenvalue weighted by molar-refractivity contribution is 5.84. The molecule has 0 saturated carbocycles. The molecule has 0 aliphatic heterocycles. The normalized spacial score (nSPS) is 10.8. The summed E-state index contributed by atoms with van der Waals surface area (Å²) in [4.78, 5) is 4.41. The third-order valence-electron chi connectivity index (χ3n) is 4.22. The number of para-hydroxylation sites is 1. The van der Waals surface area contributed by atoms with Gasteiger partial charge in [0.25, 0.3) is 0 Å². The third kappa shape index (κ3) is 4.82. The Morgan fingerprint density at radius 3 is 2.36 bits per heavy atom. The second-order valence-electron chi connectivity index (χ2n) is 6.13. The summed E-state index contributed by atoms with van der Waals surface area (Å²) >= 11 is 0. The average molecular weight is 377 g/mol. The van der Waals surface area contributed by atoms with Gasteiger partial charge in [0.15, 0.2) is 23.0 Å². The number of phenols is 1. The molecule has 3 rings (SSSR count). The Balaban J connectivity index is 1.66. The van der Waals surface area contributed by atoms with Crippen molar-refractivity contribution in [2.45, 2.75) is 13.2 Å². The van der Waals surface area contributed by atoms with E-state index in [9.17, 15) is 5.11 Å². The molecule has 0 bridgehead atoms. The van der Waals surface area contributed by atoms with E-state index in [0.29, 0.717) is 36.0 Å². The summed E-state index contributed by atoms with van der Waals surface area (Å²) in [6, 6.07) is 21.0. The van der Waals surface area contributed by atoms with Crippen LogP contribution in [-0.4, -0.2) is 25.5 Å². The first-order chi connectivity index (χ1) is 13.7. The van der Waals surface area contributed by atoms with Crippen LogP contribution < -0.4 is 14.2 Å². The molecular formula is C23H23NO4. The minimum atomic E-state index is 0.0796. The van der Waals surface area contributed by atoms with E-state index < -0.39 is 0 Å². The van der Waals surface area contributed by atoms with E-state index in [-0.39, 0.29) is 5.75 Å². The minimum Gasteiger partial charge on any atom is -0.504 e. The smallest absolute Gasteiger partial charge is 0.166 e. The Bertz CT molecular complexity index is 939. The zero-order chi connectivity index (χ0) is 19.8. The van der Waals surface area contributed by atoms with Gasteiger partial charge in [-0.1, -0.05) is 42.5 Å². The fraction of sp³-hybridized carbons (Fsp3) is 0.174. The van der Waals surface area contributed by atoms with Crippen LogP contribution in [-0.2, 0) is 13.2 Å². The van der Waals surface area contributed by atoms with Gasteiger partial charge in [-0.15, -0.1) is 0 Å². The van der Waals surface area contributed by atoms with Crippen molar-refractivity contribution in [1.29, 1.82) is 0 Å². The van der Waals surface area contributed by atoms with Crippen LogP contribution in [0.25, 0.3) is 0 Å². The van der Waals surface area contributed by atoms with Gasteiger partial charge in [-0.25, -0.2) is 0 Å². The lowest BCUT2D eigenvalue weighted by atomic mass is 10.2. The van der Waals surface area contributed by atoms with Crippen LogP contribution >= 0.6 is 0 Å². The van der Waals surface area contributed by atoms with Crippen LogP contribution in [0.15, 0.2) is 71.7 Å². The lowest BCUT2D eigenvalue weighted by molar-refractivity contribution is 0.284. The maximum absolute atomic E-state index is 10.1. The lowest BCUT2D eigenvalue weighted by Gasteiger charge is -2.12. The van der Waals surface area contributed by atoms with E-state index in [1.807, 2.05) is 54.6 Å². The van der Waals surface area contributed by atoms with Gasteiger partial charge in [0.2, 0.25) is 0 Å². The molecule has 0 unspecified atom stereocenters. The van der Waals surface area contributed by atoms with Crippen LogP contribution in [0.5, 0.6) is 23.0 Å². The van der Waals surface area contributed by atoms with Gasteiger partial charge in [0.05, 0.1) is 20.8 Å². The number of methoxy groups -OCH3 is 2. The molecule has 0 atom stereocenters. The number of nitrogens with zero attached hydrogens (tertiary/aromatic N) is 1. The van der Waals surface area contributed by atoms with Crippen LogP contribution in [0.1, 0.15) is 16.7 Å². The van der Waals surface area contributed by atoms with Gasteiger partial charge in [0.1, 0.15) is 6.61 Å². The zero-order valence-electron chi connectivity index (χ0n) is 16.0. The predicted molar refractivity (Wildman–Crippen MR) is 110 cm³/mol. The lowest BCUT2D eigenvalue weighted by Crippen LogP contribution is -1.98. The molecule has 1 N–H and O–H groups in total. The van der Waals surface area contributed by atoms with Crippen LogP contribution in [0.4, 0.5) is 0 Å². The van der Waals surface area contributed by atoms with Crippen molar-refractivity contribution in [3.05, 3.63) is 83.4 Å². The van der Waals surface area contributed by atoms with Gasteiger partial charge >= 0.3 is 0 Å². The van der Waals surface area contributed by atoms with E-state index in [1.54, 1.807) is 25.5 Å². The molecule has 5 nitrogen and oxygen atoms in total. The van der Waals surface area contributed by atoms with Crippen LogP contribution in [0, 0.1) is 0 Å². The van der Waals surface area contributed by atoms with Gasteiger partial charge in [-0.05, 0) is 35.4 Å². The molecule has 5 heteroatoms. The Labute approximate surface area is 164 Å². The first-order valence-corrected chi connectivity index (χ1v) is 8.90. The first-order valence-electron chi connectivity index (χ1n) is 8.90. The Morgan fingerprint density at radius 1 is 0.821 bits per heavy atom. The number of aromatic hydroxyl groups is 1. The highest BCUT2D eigenvalue weighted by atomic mass is 16.5. The molecular weight excluding hydrogens is 354 g/mol. The summed E-state index contributed by atoms with van der Waals surface area (Å²) < 4.78 is 16.4. The molecule has 0 aliphatic rings. The zero-order valence-corrected chi connectivity index (χ0v) is 16.0. The Hall–Kier alpha value is -3.47. The minimum absolute atomic E-state index is 0.0796. The summed E-state index contributed by atoms with van der Waals surface area (Å²) in [6.45, 7) is 0.926. The summed E-state index contributed by atoms with van der Waals surface area (Å²) in [5.74, 6) is 1.85. The summed E-state index contributed by atoms with van der Waals surface area (Å²) in [7, 11) is 3.13. The van der Waals surface area contributed by atoms with Gasteiger partial charge < -0.3 is 19.3 Å².